The van der Waals surface area contributed by atoms with Crippen molar-refractivity contribution in [3.8, 4) is 0 Å². The van der Waals surface area contributed by atoms with Crippen molar-refractivity contribution in [2.45, 2.75) is 0 Å². The lowest BCUT2D eigenvalue weighted by atomic mass is 10.4. The molecule has 0 N–H and O–H groups in total. The van der Waals surface area contributed by atoms with E-state index < -0.39 is 0 Å². The van der Waals surface area contributed by atoms with Crippen LogP contribution < -0.4 is 0 Å². The van der Waals surface area contributed by atoms with E-state index in [4.69, 9.17) is 11.6 Å². The predicted molar refractivity (Wildman–Crippen MR) is 37.0 cm³/mol. The number of hydrogen-bond acceptors (Lipinski definition) is 3. The lowest BCUT2D eigenvalue weighted by Gasteiger charge is -1.89. The molecule has 0 aliphatic carbocycles. The maximum Gasteiger partial charge on any atom is 0.240 e. The van der Waals surface area contributed by atoms with E-state index in [0.29, 0.717) is 5.69 Å². The Bertz CT molecular complexity index is 281. The van der Waals surface area contributed by atoms with E-state index >= 15 is 0 Å². The Morgan fingerprint density at radius 1 is 1.70 bits per heavy atom. The highest BCUT2D eigenvalue weighted by molar-refractivity contribution is 6.31. The summed E-state index contributed by atoms with van der Waals surface area (Å²) >= 11 is 5.52. The summed E-state index contributed by atoms with van der Waals surface area (Å²) in [4.78, 5) is 16.7. The van der Waals surface area contributed by atoms with Crippen molar-refractivity contribution in [3.05, 3.63) is 23.5 Å². The van der Waals surface area contributed by atoms with E-state index in [9.17, 15) is 4.79 Å². The van der Waals surface area contributed by atoms with Crippen LogP contribution in [0.4, 0.5) is 5.69 Å². The molecule has 0 unspecified atom stereocenters. The first-order chi connectivity index (χ1) is 4.84. The highest BCUT2D eigenvalue weighted by Gasteiger charge is 1.94. The molecule has 0 saturated carbocycles. The summed E-state index contributed by atoms with van der Waals surface area (Å²) in [5, 5.41) is 0.214. The maximum absolute atomic E-state index is 9.75. The molecule has 0 spiro atoms. The zero-order valence-corrected chi connectivity index (χ0v) is 5.67. The summed E-state index contributed by atoms with van der Waals surface area (Å²) < 4.78 is 0. The molecular weight excluding hydrogens is 152 g/mol. The first kappa shape index (κ1) is 6.93. The fraction of sp³-hybridized carbons (Fsp3) is 0. The van der Waals surface area contributed by atoms with E-state index in [2.05, 4.69) is 9.98 Å². The van der Waals surface area contributed by atoms with Crippen LogP contribution in [-0.4, -0.2) is 11.1 Å². The van der Waals surface area contributed by atoms with Gasteiger partial charge in [0.1, 0.15) is 5.69 Å². The average Bonchev–Trinajstić information content (AvgIpc) is 1.94. The second-order valence-corrected chi connectivity index (χ2v) is 1.87. The van der Waals surface area contributed by atoms with Gasteiger partial charge >= 0.3 is 0 Å². The van der Waals surface area contributed by atoms with Gasteiger partial charge in [-0.1, -0.05) is 11.6 Å². The van der Waals surface area contributed by atoms with E-state index in [1.807, 2.05) is 0 Å². The fourth-order valence-corrected chi connectivity index (χ4v) is 0.672. The number of nitrogens with zero attached hydrogens (tertiary/aromatic N) is 2. The molecule has 3 nitrogen and oxygen atoms in total. The third kappa shape index (κ3) is 1.41. The Kier molecular flexibility index (Phi) is 2.15. The minimum atomic E-state index is 0.214. The molecule has 1 aromatic heterocycles. The molecule has 0 atom stereocenters. The quantitative estimate of drug-likeness (QED) is 0.351. The summed E-state index contributed by atoms with van der Waals surface area (Å²) in [5.41, 5.74) is 0.346. The van der Waals surface area contributed by atoms with Crippen LogP contribution in [0.25, 0.3) is 0 Å². The standard InChI is InChI=1S/C6H3ClN2O/c7-6-5(9-4-10)2-1-3-8-6/h1-3H. The van der Waals surface area contributed by atoms with Crippen LogP contribution in [0, 0.1) is 0 Å². The summed E-state index contributed by atoms with van der Waals surface area (Å²) in [7, 11) is 0. The molecular formula is C6H3ClN2O. The third-order valence-electron chi connectivity index (χ3n) is 0.905. The minimum Gasteiger partial charge on any atom is -0.242 e. The SMILES string of the molecule is O=C=Nc1cccnc1Cl. The van der Waals surface area contributed by atoms with E-state index in [0.717, 1.165) is 0 Å². The Morgan fingerprint density at radius 2 is 2.50 bits per heavy atom. The molecule has 0 bridgehead atoms. The maximum atomic E-state index is 9.75. The second-order valence-electron chi connectivity index (χ2n) is 1.52. The molecule has 1 aromatic rings. The lowest BCUT2D eigenvalue weighted by Crippen LogP contribution is -1.71. The number of pyridine rings is 1. The van der Waals surface area contributed by atoms with Crippen LogP contribution >= 0.6 is 11.6 Å². The van der Waals surface area contributed by atoms with Crippen molar-refractivity contribution in [1.82, 2.24) is 4.98 Å². The van der Waals surface area contributed by atoms with Gasteiger partial charge in [0.15, 0.2) is 5.15 Å². The van der Waals surface area contributed by atoms with Gasteiger partial charge in [-0.05, 0) is 12.1 Å². The Hall–Kier alpha value is -1.18. The number of halogens is 1. The normalized spacial score (nSPS) is 8.50. The molecule has 0 saturated heterocycles. The summed E-state index contributed by atoms with van der Waals surface area (Å²) in [6.45, 7) is 0. The average molecular weight is 155 g/mol. The molecule has 0 amide bonds. The zero-order chi connectivity index (χ0) is 7.40. The van der Waals surface area contributed by atoms with Gasteiger partial charge in [0, 0.05) is 6.20 Å². The van der Waals surface area contributed by atoms with Crippen molar-refractivity contribution in [3.63, 3.8) is 0 Å². The van der Waals surface area contributed by atoms with Crippen LogP contribution in [-0.2, 0) is 4.79 Å². The van der Waals surface area contributed by atoms with Crippen molar-refractivity contribution >= 4 is 23.4 Å². The number of rotatable bonds is 1. The van der Waals surface area contributed by atoms with Crippen LogP contribution in [0.3, 0.4) is 0 Å². The third-order valence-corrected chi connectivity index (χ3v) is 1.20. The van der Waals surface area contributed by atoms with E-state index in [1.165, 1.54) is 12.3 Å². The van der Waals surface area contributed by atoms with E-state index in [-0.39, 0.29) is 5.15 Å². The molecule has 1 rings (SSSR count). The van der Waals surface area contributed by atoms with Crippen molar-refractivity contribution in [2.24, 2.45) is 4.99 Å². The monoisotopic (exact) mass is 154 g/mol. The van der Waals surface area contributed by atoms with Gasteiger partial charge in [-0.2, -0.15) is 4.99 Å². The van der Waals surface area contributed by atoms with Gasteiger partial charge < -0.3 is 0 Å². The molecule has 4 heteroatoms. The van der Waals surface area contributed by atoms with Crippen LogP contribution in [0.2, 0.25) is 5.15 Å². The molecule has 0 aliphatic rings. The molecule has 1 heterocycles. The zero-order valence-electron chi connectivity index (χ0n) is 4.91. The molecule has 0 fully saturated rings. The summed E-state index contributed by atoms with van der Waals surface area (Å²) in [6.07, 6.45) is 2.90. The van der Waals surface area contributed by atoms with Gasteiger partial charge in [-0.15, -0.1) is 0 Å². The number of aromatic nitrogens is 1. The predicted octanol–water partition coefficient (Wildman–Crippen LogP) is 1.70. The number of aliphatic imine (C=N–C) groups is 1. The fourth-order valence-electron chi connectivity index (χ4n) is 0.510. The largest absolute Gasteiger partial charge is 0.242 e. The summed E-state index contributed by atoms with van der Waals surface area (Å²) in [6, 6.07) is 3.22. The Morgan fingerprint density at radius 3 is 3.10 bits per heavy atom. The van der Waals surface area contributed by atoms with Gasteiger partial charge in [0.25, 0.3) is 0 Å². The van der Waals surface area contributed by atoms with Gasteiger partial charge in [0.2, 0.25) is 6.08 Å². The summed E-state index contributed by atoms with van der Waals surface area (Å²) in [5.74, 6) is 0. The minimum absolute atomic E-state index is 0.214. The number of hydrogen-bond donors (Lipinski definition) is 0. The molecule has 0 aliphatic heterocycles. The van der Waals surface area contributed by atoms with Crippen molar-refractivity contribution in [1.29, 1.82) is 0 Å². The molecule has 0 radical (unpaired) electrons. The van der Waals surface area contributed by atoms with Crippen LogP contribution in [0.5, 0.6) is 0 Å². The first-order valence-corrected chi connectivity index (χ1v) is 2.91. The molecule has 0 aromatic carbocycles. The highest BCUT2D eigenvalue weighted by atomic mass is 35.5. The Balaban J connectivity index is 3.14. The smallest absolute Gasteiger partial charge is 0.240 e. The number of isocyanates is 1. The van der Waals surface area contributed by atoms with Gasteiger partial charge in [-0.3, -0.25) is 0 Å². The van der Waals surface area contributed by atoms with Gasteiger partial charge in [-0.25, -0.2) is 9.78 Å². The van der Waals surface area contributed by atoms with Crippen molar-refractivity contribution in [2.75, 3.05) is 0 Å². The first-order valence-electron chi connectivity index (χ1n) is 2.53. The van der Waals surface area contributed by atoms with Gasteiger partial charge in [0.05, 0.1) is 0 Å². The van der Waals surface area contributed by atoms with Crippen molar-refractivity contribution < 1.29 is 4.79 Å². The van der Waals surface area contributed by atoms with E-state index in [1.54, 1.807) is 12.1 Å². The molecule has 10 heavy (non-hydrogen) atoms. The lowest BCUT2D eigenvalue weighted by molar-refractivity contribution is 0.565. The van der Waals surface area contributed by atoms with Crippen LogP contribution in [0.1, 0.15) is 0 Å². The molecule has 50 valence electrons. The second kappa shape index (κ2) is 3.11. The topological polar surface area (TPSA) is 42.3 Å². The Labute approximate surface area is 62.4 Å². The number of carbonyl (C=O) groups excluding carboxylic acids is 1. The highest BCUT2D eigenvalue weighted by Crippen LogP contribution is 2.19. The van der Waals surface area contributed by atoms with Crippen LogP contribution in [0.15, 0.2) is 23.3 Å².